The average Bonchev–Trinajstić information content (AvgIpc) is 2.85. The molecule has 0 bridgehead atoms. The van der Waals surface area contributed by atoms with E-state index in [1.165, 1.54) is 57.8 Å². The summed E-state index contributed by atoms with van der Waals surface area (Å²) in [5.41, 5.74) is 3.10. The predicted octanol–water partition coefficient (Wildman–Crippen LogP) is 2.36. The van der Waals surface area contributed by atoms with Gasteiger partial charge in [-0.2, -0.15) is 0 Å². The summed E-state index contributed by atoms with van der Waals surface area (Å²) in [6, 6.07) is 0.361. The minimum absolute atomic E-state index is 0.0159. The van der Waals surface area contributed by atoms with E-state index < -0.39 is 0 Å². The van der Waals surface area contributed by atoms with E-state index in [0.29, 0.717) is 6.04 Å². The molecule has 0 heterocycles. The Kier molecular flexibility index (Phi) is 4.22. The highest BCUT2D eigenvalue weighted by Gasteiger charge is 2.43. The van der Waals surface area contributed by atoms with Crippen molar-refractivity contribution in [2.75, 3.05) is 7.11 Å². The molecule has 3 nitrogen and oxygen atoms in total. The lowest BCUT2D eigenvalue weighted by atomic mass is 9.74. The Hall–Kier alpha value is -0.120. The van der Waals surface area contributed by atoms with E-state index in [-0.39, 0.29) is 5.60 Å². The van der Waals surface area contributed by atoms with Gasteiger partial charge in [-0.25, -0.2) is 0 Å². The zero-order valence-electron chi connectivity index (χ0n) is 10.5. The topological polar surface area (TPSA) is 47.3 Å². The predicted molar refractivity (Wildman–Crippen MR) is 65.9 cm³/mol. The van der Waals surface area contributed by atoms with Gasteiger partial charge in [0.25, 0.3) is 0 Å². The monoisotopic (exact) mass is 226 g/mol. The van der Waals surface area contributed by atoms with E-state index >= 15 is 0 Å². The highest BCUT2D eigenvalue weighted by atomic mass is 16.5. The molecule has 2 fully saturated rings. The van der Waals surface area contributed by atoms with Gasteiger partial charge < -0.3 is 4.74 Å². The van der Waals surface area contributed by atoms with Crippen LogP contribution in [0.5, 0.6) is 0 Å². The van der Waals surface area contributed by atoms with Crippen LogP contribution < -0.4 is 11.3 Å². The van der Waals surface area contributed by atoms with Gasteiger partial charge in [0.2, 0.25) is 0 Å². The number of hydrogen-bond acceptors (Lipinski definition) is 3. The lowest BCUT2D eigenvalue weighted by Crippen LogP contribution is -2.58. The molecule has 0 spiro atoms. The molecule has 2 aliphatic rings. The normalized spacial score (nSPS) is 28.1. The fourth-order valence-corrected chi connectivity index (χ4v) is 3.80. The summed E-state index contributed by atoms with van der Waals surface area (Å²) in [6.45, 7) is 0. The fourth-order valence-electron chi connectivity index (χ4n) is 3.80. The van der Waals surface area contributed by atoms with Crippen LogP contribution in [0.25, 0.3) is 0 Å². The van der Waals surface area contributed by atoms with Crippen molar-refractivity contribution in [1.29, 1.82) is 0 Å². The summed E-state index contributed by atoms with van der Waals surface area (Å²) in [5, 5.41) is 0. The number of methoxy groups -OCH3 is 1. The van der Waals surface area contributed by atoms with Crippen LogP contribution in [-0.2, 0) is 4.74 Å². The first-order valence-corrected chi connectivity index (χ1v) is 6.84. The van der Waals surface area contributed by atoms with E-state index in [2.05, 4.69) is 5.43 Å². The van der Waals surface area contributed by atoms with Gasteiger partial charge in [-0.3, -0.25) is 11.3 Å². The van der Waals surface area contributed by atoms with Crippen LogP contribution in [0.1, 0.15) is 57.8 Å². The molecule has 3 heteroatoms. The van der Waals surface area contributed by atoms with Crippen LogP contribution in [-0.4, -0.2) is 18.8 Å². The van der Waals surface area contributed by atoms with Gasteiger partial charge in [0.05, 0.1) is 11.6 Å². The molecular formula is C13H26N2O. The van der Waals surface area contributed by atoms with Gasteiger partial charge in [0.15, 0.2) is 0 Å². The molecule has 3 N–H and O–H groups in total. The number of hydrogen-bond donors (Lipinski definition) is 2. The number of nitrogens with one attached hydrogen (secondary N) is 1. The molecule has 0 saturated heterocycles. The molecule has 1 atom stereocenters. The standard InChI is InChI=1S/C13H26N2O/c1-16-13(9-5-2-6-10-13)12(15-14)11-7-3-4-8-11/h11-12,15H,2-10,14H2,1H3. The molecular weight excluding hydrogens is 200 g/mol. The third kappa shape index (κ3) is 2.27. The molecule has 16 heavy (non-hydrogen) atoms. The smallest absolute Gasteiger partial charge is 0.0847 e. The Balaban J connectivity index is 2.08. The summed E-state index contributed by atoms with van der Waals surface area (Å²) in [7, 11) is 1.87. The van der Waals surface area contributed by atoms with Gasteiger partial charge in [-0.05, 0) is 31.6 Å². The first-order chi connectivity index (χ1) is 7.82. The van der Waals surface area contributed by atoms with Crippen molar-refractivity contribution in [3.05, 3.63) is 0 Å². The first-order valence-electron chi connectivity index (χ1n) is 6.84. The van der Waals surface area contributed by atoms with Crippen molar-refractivity contribution >= 4 is 0 Å². The second kappa shape index (κ2) is 5.48. The van der Waals surface area contributed by atoms with Crippen molar-refractivity contribution in [2.24, 2.45) is 11.8 Å². The van der Waals surface area contributed by atoms with Gasteiger partial charge in [-0.1, -0.05) is 32.1 Å². The minimum Gasteiger partial charge on any atom is -0.377 e. The largest absolute Gasteiger partial charge is 0.377 e. The quantitative estimate of drug-likeness (QED) is 0.571. The maximum absolute atomic E-state index is 5.90. The van der Waals surface area contributed by atoms with Crippen molar-refractivity contribution < 1.29 is 4.74 Å². The maximum atomic E-state index is 5.90. The second-order valence-electron chi connectivity index (χ2n) is 5.52. The van der Waals surface area contributed by atoms with Crippen molar-refractivity contribution in [1.82, 2.24) is 5.43 Å². The Bertz CT molecular complexity index is 208. The Morgan fingerprint density at radius 3 is 2.25 bits per heavy atom. The van der Waals surface area contributed by atoms with Gasteiger partial charge in [-0.15, -0.1) is 0 Å². The highest BCUT2D eigenvalue weighted by molar-refractivity contribution is 4.98. The van der Waals surface area contributed by atoms with Crippen molar-refractivity contribution in [3.8, 4) is 0 Å². The van der Waals surface area contributed by atoms with Crippen LogP contribution in [0, 0.1) is 5.92 Å². The molecule has 2 saturated carbocycles. The molecule has 0 aromatic carbocycles. The minimum atomic E-state index is 0.0159. The average molecular weight is 226 g/mol. The van der Waals surface area contributed by atoms with Crippen LogP contribution >= 0.6 is 0 Å². The summed E-state index contributed by atoms with van der Waals surface area (Å²) in [5.74, 6) is 6.54. The van der Waals surface area contributed by atoms with Crippen LogP contribution in [0.2, 0.25) is 0 Å². The molecule has 0 aliphatic heterocycles. The Labute approximate surface area is 99.1 Å². The number of nitrogens with two attached hydrogens (primary N) is 1. The van der Waals surface area contributed by atoms with E-state index in [1.807, 2.05) is 7.11 Å². The van der Waals surface area contributed by atoms with Crippen LogP contribution in [0.4, 0.5) is 0 Å². The molecule has 0 aromatic heterocycles. The molecule has 0 amide bonds. The third-order valence-corrected chi connectivity index (χ3v) is 4.72. The molecule has 0 aromatic rings. The SMILES string of the molecule is COC1(C(NN)C2CCCC2)CCCCC1. The van der Waals surface area contributed by atoms with E-state index in [9.17, 15) is 0 Å². The zero-order chi connectivity index (χ0) is 11.4. The highest BCUT2D eigenvalue weighted by Crippen LogP contribution is 2.40. The number of rotatable bonds is 4. The van der Waals surface area contributed by atoms with Crippen molar-refractivity contribution in [2.45, 2.75) is 69.4 Å². The van der Waals surface area contributed by atoms with E-state index in [0.717, 1.165) is 5.92 Å². The second-order valence-corrected chi connectivity index (χ2v) is 5.52. The van der Waals surface area contributed by atoms with Gasteiger partial charge in [0.1, 0.15) is 0 Å². The zero-order valence-corrected chi connectivity index (χ0v) is 10.5. The summed E-state index contributed by atoms with van der Waals surface area (Å²) in [4.78, 5) is 0. The van der Waals surface area contributed by atoms with Crippen LogP contribution in [0.3, 0.4) is 0 Å². The Morgan fingerprint density at radius 1 is 1.12 bits per heavy atom. The van der Waals surface area contributed by atoms with Gasteiger partial charge >= 0.3 is 0 Å². The summed E-state index contributed by atoms with van der Waals surface area (Å²) >= 11 is 0. The summed E-state index contributed by atoms with van der Waals surface area (Å²) < 4.78 is 5.90. The summed E-state index contributed by atoms with van der Waals surface area (Å²) in [6.07, 6.45) is 11.7. The third-order valence-electron chi connectivity index (χ3n) is 4.72. The van der Waals surface area contributed by atoms with E-state index in [4.69, 9.17) is 10.6 Å². The molecule has 94 valence electrons. The van der Waals surface area contributed by atoms with Crippen LogP contribution in [0.15, 0.2) is 0 Å². The maximum Gasteiger partial charge on any atom is 0.0847 e. The van der Waals surface area contributed by atoms with Gasteiger partial charge in [0, 0.05) is 7.11 Å². The van der Waals surface area contributed by atoms with E-state index in [1.54, 1.807) is 0 Å². The lowest BCUT2D eigenvalue weighted by Gasteiger charge is -2.44. The molecule has 2 rings (SSSR count). The number of hydrazine groups is 1. The number of ether oxygens (including phenoxy) is 1. The molecule has 0 radical (unpaired) electrons. The van der Waals surface area contributed by atoms with Crippen molar-refractivity contribution in [3.63, 3.8) is 0 Å². The molecule has 2 aliphatic carbocycles. The lowest BCUT2D eigenvalue weighted by molar-refractivity contribution is -0.0811. The molecule has 1 unspecified atom stereocenters. The first kappa shape index (κ1) is 12.3. The Morgan fingerprint density at radius 2 is 1.75 bits per heavy atom. The fraction of sp³-hybridized carbons (Fsp3) is 1.00.